The third-order valence-corrected chi connectivity index (χ3v) is 5.77. The Bertz CT molecular complexity index is 587. The lowest BCUT2D eigenvalue weighted by Crippen LogP contribution is -2.40. The van der Waals surface area contributed by atoms with E-state index in [0.717, 1.165) is 51.3 Å². The summed E-state index contributed by atoms with van der Waals surface area (Å²) in [7, 11) is 1.63. The normalized spacial score (nSPS) is 25.3. The van der Waals surface area contributed by atoms with E-state index in [1.165, 1.54) is 0 Å². The molecule has 3 rings (SSSR count). The standard InChI is InChI=1S/C19H29N3O3/c1-14(24)22-8-6-15(7-9-22)18-12-21(10-16(18)13-23)11-17-4-3-5-19(20-17)25-2/h3-5,15-16,18,23H,6-13H2,1-2H3/t16-,18-/m0/s1. The van der Waals surface area contributed by atoms with Crippen LogP contribution in [0.15, 0.2) is 18.2 Å². The van der Waals surface area contributed by atoms with Gasteiger partial charge in [0.25, 0.3) is 0 Å². The average molecular weight is 347 g/mol. The molecule has 2 aliphatic rings. The molecule has 1 N–H and O–H groups in total. The maximum Gasteiger partial charge on any atom is 0.219 e. The highest BCUT2D eigenvalue weighted by Crippen LogP contribution is 2.36. The van der Waals surface area contributed by atoms with Crippen molar-refractivity contribution in [1.29, 1.82) is 0 Å². The maximum atomic E-state index is 11.5. The second-order valence-electron chi connectivity index (χ2n) is 7.32. The molecule has 2 atom stereocenters. The van der Waals surface area contributed by atoms with E-state index in [4.69, 9.17) is 4.74 Å². The minimum Gasteiger partial charge on any atom is -0.481 e. The molecule has 25 heavy (non-hydrogen) atoms. The minimum absolute atomic E-state index is 0.175. The first-order valence-electron chi connectivity index (χ1n) is 9.19. The summed E-state index contributed by atoms with van der Waals surface area (Å²) in [6.07, 6.45) is 2.10. The minimum atomic E-state index is 0.175. The first kappa shape index (κ1) is 18.1. The fraction of sp³-hybridized carbons (Fsp3) is 0.684. The Morgan fingerprint density at radius 2 is 2.08 bits per heavy atom. The number of aliphatic hydroxyl groups is 1. The Hall–Kier alpha value is -1.66. The molecular weight excluding hydrogens is 318 g/mol. The molecule has 0 unspecified atom stereocenters. The molecule has 1 amide bonds. The van der Waals surface area contributed by atoms with Crippen LogP contribution in [0.5, 0.6) is 5.88 Å². The second-order valence-corrected chi connectivity index (χ2v) is 7.32. The summed E-state index contributed by atoms with van der Waals surface area (Å²) in [6.45, 7) is 6.28. The van der Waals surface area contributed by atoms with E-state index in [1.807, 2.05) is 23.1 Å². The van der Waals surface area contributed by atoms with Crippen LogP contribution < -0.4 is 4.74 Å². The lowest BCUT2D eigenvalue weighted by Gasteiger charge is -2.36. The number of carbonyl (C=O) groups excluding carboxylic acids is 1. The molecule has 6 nitrogen and oxygen atoms in total. The van der Waals surface area contributed by atoms with Gasteiger partial charge in [-0.15, -0.1) is 0 Å². The van der Waals surface area contributed by atoms with E-state index in [1.54, 1.807) is 14.0 Å². The lowest BCUT2D eigenvalue weighted by molar-refractivity contribution is -0.130. The zero-order chi connectivity index (χ0) is 17.8. The second kappa shape index (κ2) is 8.15. The predicted octanol–water partition coefficient (Wildman–Crippen LogP) is 1.39. The summed E-state index contributed by atoms with van der Waals surface area (Å²) < 4.78 is 5.21. The SMILES string of the molecule is COc1cccc(CN2C[C@@H](CO)[C@H](C3CCN(C(C)=O)CC3)C2)n1. The number of rotatable bonds is 5. The van der Waals surface area contributed by atoms with Gasteiger partial charge in [-0.1, -0.05) is 6.07 Å². The quantitative estimate of drug-likeness (QED) is 0.872. The molecule has 138 valence electrons. The highest BCUT2D eigenvalue weighted by molar-refractivity contribution is 5.73. The van der Waals surface area contributed by atoms with E-state index in [-0.39, 0.29) is 12.5 Å². The number of carbonyl (C=O) groups is 1. The zero-order valence-corrected chi connectivity index (χ0v) is 15.2. The van der Waals surface area contributed by atoms with Gasteiger partial charge in [0.15, 0.2) is 0 Å². The number of ether oxygens (including phenoxy) is 1. The van der Waals surface area contributed by atoms with Gasteiger partial charge in [0, 0.05) is 52.3 Å². The molecule has 1 aromatic rings. The highest BCUT2D eigenvalue weighted by atomic mass is 16.5. The van der Waals surface area contributed by atoms with Crippen molar-refractivity contribution in [1.82, 2.24) is 14.8 Å². The van der Waals surface area contributed by atoms with Crippen molar-refractivity contribution < 1.29 is 14.6 Å². The molecule has 0 radical (unpaired) electrons. The van der Waals surface area contributed by atoms with Crippen molar-refractivity contribution in [2.45, 2.75) is 26.3 Å². The van der Waals surface area contributed by atoms with Crippen LogP contribution in [0, 0.1) is 17.8 Å². The Morgan fingerprint density at radius 3 is 2.72 bits per heavy atom. The number of likely N-dealkylation sites (tertiary alicyclic amines) is 2. The van der Waals surface area contributed by atoms with Crippen molar-refractivity contribution >= 4 is 5.91 Å². The van der Waals surface area contributed by atoms with Crippen molar-refractivity contribution in [3.8, 4) is 5.88 Å². The summed E-state index contributed by atoms with van der Waals surface area (Å²) in [4.78, 5) is 20.4. The summed E-state index contributed by atoms with van der Waals surface area (Å²) in [5, 5.41) is 9.85. The summed E-state index contributed by atoms with van der Waals surface area (Å²) in [6, 6.07) is 5.85. The van der Waals surface area contributed by atoms with Gasteiger partial charge in [0.05, 0.1) is 12.8 Å². The maximum absolute atomic E-state index is 11.5. The molecule has 2 aliphatic heterocycles. The number of hydrogen-bond donors (Lipinski definition) is 1. The van der Waals surface area contributed by atoms with Gasteiger partial charge in [-0.25, -0.2) is 4.98 Å². The van der Waals surface area contributed by atoms with Crippen molar-refractivity contribution in [3.05, 3.63) is 23.9 Å². The molecule has 0 bridgehead atoms. The first-order valence-corrected chi connectivity index (χ1v) is 9.19. The number of hydrogen-bond acceptors (Lipinski definition) is 5. The number of amides is 1. The monoisotopic (exact) mass is 347 g/mol. The zero-order valence-electron chi connectivity index (χ0n) is 15.2. The van der Waals surface area contributed by atoms with E-state index in [2.05, 4.69) is 9.88 Å². The van der Waals surface area contributed by atoms with Gasteiger partial charge in [-0.05, 0) is 36.7 Å². The number of aromatic nitrogens is 1. The van der Waals surface area contributed by atoms with Gasteiger partial charge < -0.3 is 14.7 Å². The van der Waals surface area contributed by atoms with E-state index in [0.29, 0.717) is 23.6 Å². The van der Waals surface area contributed by atoms with Gasteiger partial charge in [-0.3, -0.25) is 9.69 Å². The molecular formula is C19H29N3O3. The third kappa shape index (κ3) is 4.30. The summed E-state index contributed by atoms with van der Waals surface area (Å²) in [5.74, 6) is 2.23. The summed E-state index contributed by atoms with van der Waals surface area (Å²) >= 11 is 0. The van der Waals surface area contributed by atoms with Crippen LogP contribution in [0.1, 0.15) is 25.5 Å². The van der Waals surface area contributed by atoms with Crippen LogP contribution in [0.25, 0.3) is 0 Å². The summed E-state index contributed by atoms with van der Waals surface area (Å²) in [5.41, 5.74) is 1.00. The van der Waals surface area contributed by atoms with Crippen molar-refractivity contribution in [2.75, 3.05) is 39.9 Å². The molecule has 0 spiro atoms. The van der Waals surface area contributed by atoms with Crippen molar-refractivity contribution in [2.24, 2.45) is 17.8 Å². The van der Waals surface area contributed by atoms with Crippen LogP contribution >= 0.6 is 0 Å². The fourth-order valence-corrected chi connectivity index (χ4v) is 4.38. The van der Waals surface area contributed by atoms with Crippen LogP contribution in [-0.4, -0.2) is 65.7 Å². The average Bonchev–Trinajstić information content (AvgIpc) is 3.04. The molecule has 6 heteroatoms. The first-order chi connectivity index (χ1) is 12.1. The highest BCUT2D eigenvalue weighted by Gasteiger charge is 2.38. The smallest absolute Gasteiger partial charge is 0.219 e. The van der Waals surface area contributed by atoms with E-state index in [9.17, 15) is 9.90 Å². The molecule has 2 saturated heterocycles. The Kier molecular flexibility index (Phi) is 5.91. The Morgan fingerprint density at radius 1 is 1.32 bits per heavy atom. The Balaban J connectivity index is 1.59. The molecule has 0 aromatic carbocycles. The predicted molar refractivity (Wildman–Crippen MR) is 95.1 cm³/mol. The number of aliphatic hydroxyl groups excluding tert-OH is 1. The third-order valence-electron chi connectivity index (χ3n) is 5.77. The number of nitrogens with zero attached hydrogens (tertiary/aromatic N) is 3. The number of piperidine rings is 1. The molecule has 0 aliphatic carbocycles. The van der Waals surface area contributed by atoms with Gasteiger partial charge in [-0.2, -0.15) is 0 Å². The van der Waals surface area contributed by atoms with Gasteiger partial charge >= 0.3 is 0 Å². The van der Waals surface area contributed by atoms with Gasteiger partial charge in [0.2, 0.25) is 11.8 Å². The lowest BCUT2D eigenvalue weighted by atomic mass is 9.79. The van der Waals surface area contributed by atoms with Gasteiger partial charge in [0.1, 0.15) is 0 Å². The molecule has 1 aromatic heterocycles. The topological polar surface area (TPSA) is 65.9 Å². The van der Waals surface area contributed by atoms with Crippen molar-refractivity contribution in [3.63, 3.8) is 0 Å². The van der Waals surface area contributed by atoms with Crippen LogP contribution in [0.4, 0.5) is 0 Å². The van der Waals surface area contributed by atoms with E-state index >= 15 is 0 Å². The Labute approximate surface area is 149 Å². The van der Waals surface area contributed by atoms with Crippen LogP contribution in [0.2, 0.25) is 0 Å². The molecule has 0 saturated carbocycles. The largest absolute Gasteiger partial charge is 0.481 e. The fourth-order valence-electron chi connectivity index (χ4n) is 4.38. The van der Waals surface area contributed by atoms with Crippen LogP contribution in [-0.2, 0) is 11.3 Å². The van der Waals surface area contributed by atoms with Crippen LogP contribution in [0.3, 0.4) is 0 Å². The van der Waals surface area contributed by atoms with E-state index < -0.39 is 0 Å². The molecule has 3 heterocycles. The number of pyridine rings is 1. The number of methoxy groups -OCH3 is 1. The molecule has 2 fully saturated rings.